The molecule has 0 fully saturated rings. The molecule has 0 aromatic carbocycles. The van der Waals surface area contributed by atoms with Gasteiger partial charge >= 0.3 is 12.0 Å². The topological polar surface area (TPSA) is 93.8 Å². The molecule has 0 aliphatic rings. The first-order chi connectivity index (χ1) is 13.3. The molecule has 2 aromatic heterocycles. The van der Waals surface area contributed by atoms with E-state index in [0.29, 0.717) is 41.4 Å². The standard InChI is InChI=1S/C20H27N3O5/c1-6-21-20(26)22(11-15-9-8-10-28-15)12-16(24)17-13(3)18(19(25)27-5)23(7-2)14(17)4/h8-10H,6-7,11-12H2,1-5H3,(H,21,26). The largest absolute Gasteiger partial charge is 0.467 e. The molecular weight excluding hydrogens is 362 g/mol. The van der Waals surface area contributed by atoms with Crippen LogP contribution in [0.2, 0.25) is 0 Å². The minimum atomic E-state index is -0.488. The Bertz CT molecular complexity index is 852. The van der Waals surface area contributed by atoms with Crippen LogP contribution in [0.3, 0.4) is 0 Å². The lowest BCUT2D eigenvalue weighted by molar-refractivity contribution is 0.0587. The lowest BCUT2D eigenvalue weighted by Gasteiger charge is -2.21. The summed E-state index contributed by atoms with van der Waals surface area (Å²) in [6, 6.07) is 3.12. The van der Waals surface area contributed by atoms with Crippen LogP contribution in [0.4, 0.5) is 4.79 Å². The fraction of sp³-hybridized carbons (Fsp3) is 0.450. The van der Waals surface area contributed by atoms with E-state index >= 15 is 0 Å². The van der Waals surface area contributed by atoms with E-state index in [0.717, 1.165) is 0 Å². The third-order valence-electron chi connectivity index (χ3n) is 4.62. The Kier molecular flexibility index (Phi) is 7.03. The number of amides is 2. The summed E-state index contributed by atoms with van der Waals surface area (Å²) in [6.07, 6.45) is 1.52. The third-order valence-corrected chi connectivity index (χ3v) is 4.62. The van der Waals surface area contributed by atoms with Crippen molar-refractivity contribution in [3.05, 3.63) is 46.7 Å². The number of Topliss-reactive ketones (excluding diaryl/α,β-unsaturated/α-hetero) is 1. The highest BCUT2D eigenvalue weighted by atomic mass is 16.5. The van der Waals surface area contributed by atoms with Gasteiger partial charge in [0.2, 0.25) is 0 Å². The maximum atomic E-state index is 13.1. The van der Waals surface area contributed by atoms with Crippen LogP contribution in [0, 0.1) is 13.8 Å². The van der Waals surface area contributed by atoms with Gasteiger partial charge in [-0.25, -0.2) is 9.59 Å². The van der Waals surface area contributed by atoms with Crippen LogP contribution >= 0.6 is 0 Å². The lowest BCUT2D eigenvalue weighted by atomic mass is 10.1. The van der Waals surface area contributed by atoms with Gasteiger partial charge < -0.3 is 23.9 Å². The molecule has 0 unspecified atom stereocenters. The van der Waals surface area contributed by atoms with Crippen molar-refractivity contribution in [1.82, 2.24) is 14.8 Å². The molecule has 2 aromatic rings. The van der Waals surface area contributed by atoms with Gasteiger partial charge in [-0.2, -0.15) is 0 Å². The SMILES string of the molecule is CCNC(=O)N(CC(=O)c1c(C)c(C(=O)OC)n(CC)c1C)Cc1ccco1. The Morgan fingerprint density at radius 1 is 1.25 bits per heavy atom. The average Bonchev–Trinajstić information content (AvgIpc) is 3.26. The minimum absolute atomic E-state index is 0.136. The summed E-state index contributed by atoms with van der Waals surface area (Å²) in [5.41, 5.74) is 2.04. The third kappa shape index (κ3) is 4.27. The number of carbonyl (C=O) groups is 3. The van der Waals surface area contributed by atoms with Crippen molar-refractivity contribution in [1.29, 1.82) is 0 Å². The molecule has 152 valence electrons. The normalized spacial score (nSPS) is 10.6. The molecule has 0 aliphatic carbocycles. The van der Waals surface area contributed by atoms with Crippen molar-refractivity contribution < 1.29 is 23.5 Å². The summed E-state index contributed by atoms with van der Waals surface area (Å²) < 4.78 is 11.9. The number of nitrogens with zero attached hydrogens (tertiary/aromatic N) is 2. The summed E-state index contributed by atoms with van der Waals surface area (Å²) in [5.74, 6) is -0.156. The minimum Gasteiger partial charge on any atom is -0.467 e. The van der Waals surface area contributed by atoms with E-state index in [1.165, 1.54) is 18.3 Å². The van der Waals surface area contributed by atoms with Gasteiger partial charge in [-0.05, 0) is 45.4 Å². The molecule has 2 heterocycles. The lowest BCUT2D eigenvalue weighted by Crippen LogP contribution is -2.42. The van der Waals surface area contributed by atoms with E-state index in [2.05, 4.69) is 5.32 Å². The van der Waals surface area contributed by atoms with Crippen molar-refractivity contribution in [2.75, 3.05) is 20.2 Å². The Morgan fingerprint density at radius 3 is 2.50 bits per heavy atom. The van der Waals surface area contributed by atoms with Gasteiger partial charge in [0.1, 0.15) is 11.5 Å². The van der Waals surface area contributed by atoms with Crippen molar-refractivity contribution in [3.63, 3.8) is 0 Å². The zero-order chi connectivity index (χ0) is 20.8. The monoisotopic (exact) mass is 389 g/mol. The first-order valence-corrected chi connectivity index (χ1v) is 9.21. The highest BCUT2D eigenvalue weighted by Gasteiger charge is 2.28. The zero-order valence-corrected chi connectivity index (χ0v) is 17.0. The van der Waals surface area contributed by atoms with Crippen LogP contribution in [0.5, 0.6) is 0 Å². The summed E-state index contributed by atoms with van der Waals surface area (Å²) in [5, 5.41) is 2.71. The second-order valence-corrected chi connectivity index (χ2v) is 6.36. The Morgan fingerprint density at radius 2 is 1.96 bits per heavy atom. The number of ketones is 1. The quantitative estimate of drug-likeness (QED) is 0.553. The number of furan rings is 1. The highest BCUT2D eigenvalue weighted by Crippen LogP contribution is 2.24. The maximum Gasteiger partial charge on any atom is 0.354 e. The van der Waals surface area contributed by atoms with Crippen LogP contribution in [0.1, 0.15) is 51.7 Å². The van der Waals surface area contributed by atoms with E-state index in [-0.39, 0.29) is 24.9 Å². The van der Waals surface area contributed by atoms with Gasteiger partial charge in [0.05, 0.1) is 26.5 Å². The predicted octanol–water partition coefficient (Wildman–Crippen LogP) is 2.92. The number of carbonyl (C=O) groups excluding carboxylic acids is 3. The van der Waals surface area contributed by atoms with Crippen molar-refractivity contribution in [2.24, 2.45) is 0 Å². The van der Waals surface area contributed by atoms with Crippen LogP contribution in [-0.2, 0) is 17.8 Å². The number of rotatable bonds is 8. The molecular formula is C20H27N3O5. The van der Waals surface area contributed by atoms with Gasteiger partial charge in [-0.3, -0.25) is 4.79 Å². The number of hydrogen-bond donors (Lipinski definition) is 1. The van der Waals surface area contributed by atoms with E-state index < -0.39 is 5.97 Å². The average molecular weight is 389 g/mol. The van der Waals surface area contributed by atoms with E-state index in [4.69, 9.17) is 9.15 Å². The van der Waals surface area contributed by atoms with Crippen LogP contribution in [-0.4, -0.2) is 47.4 Å². The zero-order valence-electron chi connectivity index (χ0n) is 17.0. The Balaban J connectivity index is 2.36. The summed E-state index contributed by atoms with van der Waals surface area (Å²) in [4.78, 5) is 39.1. The molecule has 0 atom stereocenters. The van der Waals surface area contributed by atoms with E-state index in [1.807, 2.05) is 13.8 Å². The molecule has 0 bridgehead atoms. The number of ether oxygens (including phenoxy) is 1. The second kappa shape index (κ2) is 9.25. The molecule has 1 N–H and O–H groups in total. The molecule has 28 heavy (non-hydrogen) atoms. The number of nitrogens with one attached hydrogen (secondary N) is 1. The second-order valence-electron chi connectivity index (χ2n) is 6.36. The molecule has 8 nitrogen and oxygen atoms in total. The number of methoxy groups -OCH3 is 1. The fourth-order valence-electron chi connectivity index (χ4n) is 3.37. The Hall–Kier alpha value is -3.03. The molecule has 2 amide bonds. The highest BCUT2D eigenvalue weighted by molar-refractivity contribution is 6.04. The number of hydrogen-bond acceptors (Lipinski definition) is 5. The first-order valence-electron chi connectivity index (χ1n) is 9.21. The van der Waals surface area contributed by atoms with E-state index in [9.17, 15) is 14.4 Å². The maximum absolute atomic E-state index is 13.1. The summed E-state index contributed by atoms with van der Waals surface area (Å²) >= 11 is 0. The van der Waals surface area contributed by atoms with Gasteiger partial charge in [-0.15, -0.1) is 0 Å². The number of urea groups is 1. The Labute approximate surface area is 164 Å². The first kappa shape index (κ1) is 21.3. The van der Waals surface area contributed by atoms with Gasteiger partial charge in [0.25, 0.3) is 0 Å². The van der Waals surface area contributed by atoms with E-state index in [1.54, 1.807) is 30.5 Å². The van der Waals surface area contributed by atoms with Crippen LogP contribution in [0.25, 0.3) is 0 Å². The van der Waals surface area contributed by atoms with Crippen molar-refractivity contribution in [3.8, 4) is 0 Å². The van der Waals surface area contributed by atoms with Crippen LogP contribution < -0.4 is 5.32 Å². The van der Waals surface area contributed by atoms with Gasteiger partial charge in [-0.1, -0.05) is 0 Å². The molecule has 0 saturated heterocycles. The fourth-order valence-corrected chi connectivity index (χ4v) is 3.37. The number of esters is 1. The summed E-state index contributed by atoms with van der Waals surface area (Å²) in [6.45, 7) is 8.22. The molecule has 8 heteroatoms. The molecule has 2 rings (SSSR count). The summed E-state index contributed by atoms with van der Waals surface area (Å²) in [7, 11) is 1.31. The number of aromatic nitrogens is 1. The molecule has 0 radical (unpaired) electrons. The van der Waals surface area contributed by atoms with Gasteiger partial charge in [0.15, 0.2) is 5.78 Å². The smallest absolute Gasteiger partial charge is 0.354 e. The molecule has 0 spiro atoms. The molecule has 0 aliphatic heterocycles. The van der Waals surface area contributed by atoms with Crippen molar-refractivity contribution >= 4 is 17.8 Å². The van der Waals surface area contributed by atoms with Crippen molar-refractivity contribution in [2.45, 2.75) is 40.8 Å². The van der Waals surface area contributed by atoms with Crippen LogP contribution in [0.15, 0.2) is 22.8 Å². The predicted molar refractivity (Wildman–Crippen MR) is 103 cm³/mol. The van der Waals surface area contributed by atoms with Gasteiger partial charge in [0, 0.05) is 24.3 Å². The molecule has 0 saturated carbocycles.